The van der Waals surface area contributed by atoms with E-state index in [0.29, 0.717) is 28.6 Å². The average molecular weight is 492 g/mol. The number of nitrogens with zero attached hydrogens (tertiary/aromatic N) is 3. The van der Waals surface area contributed by atoms with Gasteiger partial charge in [-0.15, -0.1) is 0 Å². The van der Waals surface area contributed by atoms with Crippen molar-refractivity contribution in [3.05, 3.63) is 70.6 Å². The van der Waals surface area contributed by atoms with Crippen molar-refractivity contribution >= 4 is 45.7 Å². The Kier molecular flexibility index (Phi) is 6.79. The van der Waals surface area contributed by atoms with E-state index in [-0.39, 0.29) is 11.1 Å². The van der Waals surface area contributed by atoms with E-state index >= 15 is 0 Å². The lowest BCUT2D eigenvalue weighted by Crippen LogP contribution is -2.41. The summed E-state index contributed by atoms with van der Waals surface area (Å²) in [7, 11) is 2.00. The van der Waals surface area contributed by atoms with Crippen LogP contribution < -0.4 is 15.5 Å². The maximum absolute atomic E-state index is 13.4. The second kappa shape index (κ2) is 10.1. The average Bonchev–Trinajstić information content (AvgIpc) is 3.18. The largest absolute Gasteiger partial charge is 0.341 e. The molecule has 1 aliphatic carbocycles. The van der Waals surface area contributed by atoms with Crippen LogP contribution >= 0.6 is 11.8 Å². The summed E-state index contributed by atoms with van der Waals surface area (Å²) in [6.45, 7) is 0.784. The van der Waals surface area contributed by atoms with Gasteiger partial charge in [-0.05, 0) is 84.1 Å². The summed E-state index contributed by atoms with van der Waals surface area (Å²) in [4.78, 5) is 34.6. The molecule has 0 radical (unpaired) electrons. The molecule has 2 heterocycles. The number of carbonyl (C=O) groups is 2. The third-order valence-electron chi connectivity index (χ3n) is 6.61. The predicted molar refractivity (Wildman–Crippen MR) is 136 cm³/mol. The number of hydrogen-bond acceptors (Lipinski definition) is 7. The van der Waals surface area contributed by atoms with Crippen LogP contribution in [-0.4, -0.2) is 40.2 Å². The fourth-order valence-electron chi connectivity index (χ4n) is 4.64. The molecule has 0 atom stereocenters. The number of aromatic nitrogens is 2. The highest BCUT2D eigenvalue weighted by molar-refractivity contribution is 8.18. The van der Waals surface area contributed by atoms with Crippen LogP contribution in [0.25, 0.3) is 16.8 Å². The predicted octanol–water partition coefficient (Wildman–Crippen LogP) is 4.63. The lowest BCUT2D eigenvalue weighted by atomic mass is 9.90. The summed E-state index contributed by atoms with van der Waals surface area (Å²) < 4.78 is 13.4. The SMILES string of the molecule is CN(c1nccc(C=C2SC(=O)NC2=O)n1)C1CCC(NCc2ccc3cc(F)ccc3c2)CC1. The molecule has 2 N–H and O–H groups in total. The van der Waals surface area contributed by atoms with E-state index in [9.17, 15) is 14.0 Å². The summed E-state index contributed by atoms with van der Waals surface area (Å²) in [6.07, 6.45) is 7.44. The number of amides is 2. The molecular formula is C26H26FN5O2S. The van der Waals surface area contributed by atoms with E-state index in [0.717, 1.165) is 54.8 Å². The molecule has 5 rings (SSSR count). The van der Waals surface area contributed by atoms with E-state index in [1.54, 1.807) is 24.4 Å². The van der Waals surface area contributed by atoms with Crippen molar-refractivity contribution in [2.45, 2.75) is 44.3 Å². The van der Waals surface area contributed by atoms with Gasteiger partial charge in [-0.2, -0.15) is 0 Å². The Morgan fingerprint density at radius 2 is 1.89 bits per heavy atom. The van der Waals surface area contributed by atoms with E-state index in [2.05, 4.69) is 37.6 Å². The smallest absolute Gasteiger partial charge is 0.290 e. The molecule has 2 amide bonds. The number of thioether (sulfide) groups is 1. The molecule has 0 bridgehead atoms. The van der Waals surface area contributed by atoms with Gasteiger partial charge in [0.1, 0.15) is 5.82 Å². The fraction of sp³-hybridized carbons (Fsp3) is 0.308. The zero-order chi connectivity index (χ0) is 24.4. The van der Waals surface area contributed by atoms with Crippen LogP contribution in [0.5, 0.6) is 0 Å². The van der Waals surface area contributed by atoms with Crippen molar-refractivity contribution in [3.63, 3.8) is 0 Å². The zero-order valence-corrected chi connectivity index (χ0v) is 20.1. The van der Waals surface area contributed by atoms with Gasteiger partial charge in [0.25, 0.3) is 11.1 Å². The Bertz CT molecular complexity index is 1310. The first-order chi connectivity index (χ1) is 16.9. The quantitative estimate of drug-likeness (QED) is 0.486. The second-order valence-corrected chi connectivity index (χ2v) is 9.97. The van der Waals surface area contributed by atoms with Gasteiger partial charge in [0, 0.05) is 31.9 Å². The molecule has 2 aromatic carbocycles. The van der Waals surface area contributed by atoms with Gasteiger partial charge < -0.3 is 10.2 Å². The molecule has 1 saturated carbocycles. The summed E-state index contributed by atoms with van der Waals surface area (Å²) in [6, 6.07) is 13.5. The first kappa shape index (κ1) is 23.4. The number of fused-ring (bicyclic) bond motifs is 1. The lowest BCUT2D eigenvalue weighted by molar-refractivity contribution is -0.115. The van der Waals surface area contributed by atoms with Crippen molar-refractivity contribution in [1.29, 1.82) is 0 Å². The fourth-order valence-corrected chi connectivity index (χ4v) is 5.30. The highest BCUT2D eigenvalue weighted by Gasteiger charge is 2.27. The topological polar surface area (TPSA) is 87.2 Å². The van der Waals surface area contributed by atoms with Crippen molar-refractivity contribution in [2.75, 3.05) is 11.9 Å². The van der Waals surface area contributed by atoms with Crippen LogP contribution in [0, 0.1) is 5.82 Å². The van der Waals surface area contributed by atoms with Gasteiger partial charge in [0.2, 0.25) is 5.95 Å². The molecule has 3 aromatic rings. The number of nitrogens with one attached hydrogen (secondary N) is 2. The molecule has 180 valence electrons. The minimum Gasteiger partial charge on any atom is -0.341 e. The van der Waals surface area contributed by atoms with Crippen LogP contribution in [0.4, 0.5) is 15.1 Å². The minimum absolute atomic E-state index is 0.212. The molecule has 2 aliphatic rings. The number of hydrogen-bond donors (Lipinski definition) is 2. The van der Waals surface area contributed by atoms with Crippen LogP contribution in [0.15, 0.2) is 53.6 Å². The van der Waals surface area contributed by atoms with Gasteiger partial charge in [-0.3, -0.25) is 14.9 Å². The molecule has 2 fully saturated rings. The molecule has 9 heteroatoms. The van der Waals surface area contributed by atoms with Crippen LogP contribution in [-0.2, 0) is 11.3 Å². The molecule has 1 saturated heterocycles. The van der Waals surface area contributed by atoms with Gasteiger partial charge >= 0.3 is 0 Å². The number of imide groups is 1. The molecule has 0 unspecified atom stereocenters. The Morgan fingerprint density at radius 1 is 1.11 bits per heavy atom. The number of benzene rings is 2. The van der Waals surface area contributed by atoms with Crippen molar-refractivity contribution in [3.8, 4) is 0 Å². The third-order valence-corrected chi connectivity index (χ3v) is 7.42. The van der Waals surface area contributed by atoms with Crippen molar-refractivity contribution in [2.24, 2.45) is 0 Å². The lowest BCUT2D eigenvalue weighted by Gasteiger charge is -2.35. The number of anilines is 1. The summed E-state index contributed by atoms with van der Waals surface area (Å²) in [5.41, 5.74) is 1.79. The highest BCUT2D eigenvalue weighted by atomic mass is 32.2. The van der Waals surface area contributed by atoms with E-state index in [1.807, 2.05) is 19.2 Å². The summed E-state index contributed by atoms with van der Waals surface area (Å²) in [5, 5.41) is 7.52. The van der Waals surface area contributed by atoms with E-state index in [1.165, 1.54) is 11.6 Å². The summed E-state index contributed by atoms with van der Waals surface area (Å²) in [5.74, 6) is 0.00553. The van der Waals surface area contributed by atoms with Crippen molar-refractivity contribution < 1.29 is 14.0 Å². The Hall–Kier alpha value is -3.30. The monoisotopic (exact) mass is 491 g/mol. The maximum Gasteiger partial charge on any atom is 0.290 e. The Labute approximate surface area is 207 Å². The molecule has 1 aliphatic heterocycles. The highest BCUT2D eigenvalue weighted by Crippen LogP contribution is 2.27. The van der Waals surface area contributed by atoms with Crippen molar-refractivity contribution in [1.82, 2.24) is 20.6 Å². The normalized spacial score (nSPS) is 21.5. The van der Waals surface area contributed by atoms with E-state index < -0.39 is 5.91 Å². The Balaban J connectivity index is 1.15. The first-order valence-corrected chi connectivity index (χ1v) is 12.5. The molecule has 0 spiro atoms. The van der Waals surface area contributed by atoms with Crippen LogP contribution in [0.3, 0.4) is 0 Å². The van der Waals surface area contributed by atoms with Gasteiger partial charge in [-0.25, -0.2) is 14.4 Å². The first-order valence-electron chi connectivity index (χ1n) is 11.7. The van der Waals surface area contributed by atoms with Gasteiger partial charge in [0.15, 0.2) is 0 Å². The molecule has 7 nitrogen and oxygen atoms in total. The summed E-state index contributed by atoms with van der Waals surface area (Å²) >= 11 is 0.880. The van der Waals surface area contributed by atoms with Crippen LogP contribution in [0.1, 0.15) is 36.9 Å². The standard InChI is InChI=1S/C26H26FN5O2S/c1-32(25-28-11-10-21(30-25)14-23-24(33)31-26(34)35-23)22-8-6-20(7-9-22)29-15-16-2-3-18-13-19(27)5-4-17(18)12-16/h2-5,10-14,20,22,29H,6-9,15H2,1H3,(H,31,33,34). The van der Waals surface area contributed by atoms with Crippen LogP contribution in [0.2, 0.25) is 0 Å². The zero-order valence-electron chi connectivity index (χ0n) is 19.3. The van der Waals surface area contributed by atoms with Gasteiger partial charge in [-0.1, -0.05) is 18.2 Å². The minimum atomic E-state index is -0.392. The third kappa shape index (κ3) is 5.52. The van der Waals surface area contributed by atoms with E-state index in [4.69, 9.17) is 0 Å². The number of rotatable bonds is 6. The number of carbonyl (C=O) groups excluding carboxylic acids is 2. The van der Waals surface area contributed by atoms with Gasteiger partial charge in [0.05, 0.1) is 10.6 Å². The molecule has 1 aromatic heterocycles. The number of halogens is 1. The Morgan fingerprint density at radius 3 is 2.66 bits per heavy atom. The maximum atomic E-state index is 13.4. The molecule has 35 heavy (non-hydrogen) atoms. The molecular weight excluding hydrogens is 465 g/mol. The second-order valence-electron chi connectivity index (χ2n) is 8.96.